The summed E-state index contributed by atoms with van der Waals surface area (Å²) in [5.74, 6) is 0. The summed E-state index contributed by atoms with van der Waals surface area (Å²) in [5, 5.41) is 3.55. The Hall–Kier alpha value is -0.120. The lowest BCUT2D eigenvalue weighted by Crippen LogP contribution is -2.58. The molecule has 0 aromatic heterocycles. The fourth-order valence-corrected chi connectivity index (χ4v) is 2.00. The SMILES string of the molecule is CC1(NCC2(N)CCC2)CCOC1. The largest absolute Gasteiger partial charge is 0.379 e. The number of rotatable bonds is 3. The molecular weight excluding hydrogens is 164 g/mol. The normalized spacial score (nSPS) is 37.4. The van der Waals surface area contributed by atoms with E-state index in [2.05, 4.69) is 12.2 Å². The first-order valence-corrected chi connectivity index (χ1v) is 5.24. The van der Waals surface area contributed by atoms with Crippen molar-refractivity contribution in [2.75, 3.05) is 19.8 Å². The minimum absolute atomic E-state index is 0.0889. The van der Waals surface area contributed by atoms with Crippen molar-refractivity contribution in [2.24, 2.45) is 5.73 Å². The van der Waals surface area contributed by atoms with Crippen LogP contribution in [0.15, 0.2) is 0 Å². The number of nitrogens with two attached hydrogens (primary N) is 1. The van der Waals surface area contributed by atoms with Gasteiger partial charge < -0.3 is 15.8 Å². The molecule has 3 heteroatoms. The Morgan fingerprint density at radius 3 is 2.62 bits per heavy atom. The summed E-state index contributed by atoms with van der Waals surface area (Å²) in [7, 11) is 0. The molecule has 1 unspecified atom stereocenters. The highest BCUT2D eigenvalue weighted by molar-refractivity contribution is 4.98. The molecule has 3 nitrogen and oxygen atoms in total. The van der Waals surface area contributed by atoms with Gasteiger partial charge in [-0.2, -0.15) is 0 Å². The molecule has 2 rings (SSSR count). The average Bonchev–Trinajstić information content (AvgIpc) is 2.46. The Balaban J connectivity index is 1.77. The third kappa shape index (κ3) is 2.03. The van der Waals surface area contributed by atoms with Gasteiger partial charge >= 0.3 is 0 Å². The fraction of sp³-hybridized carbons (Fsp3) is 1.00. The van der Waals surface area contributed by atoms with Gasteiger partial charge in [-0.15, -0.1) is 0 Å². The second kappa shape index (κ2) is 3.23. The van der Waals surface area contributed by atoms with Crippen molar-refractivity contribution in [1.29, 1.82) is 0 Å². The molecule has 3 N–H and O–H groups in total. The van der Waals surface area contributed by atoms with E-state index >= 15 is 0 Å². The third-order valence-electron chi connectivity index (χ3n) is 3.44. The molecule has 1 atom stereocenters. The summed E-state index contributed by atoms with van der Waals surface area (Å²) in [6.45, 7) is 4.90. The molecule has 0 aromatic rings. The number of ether oxygens (including phenoxy) is 1. The van der Waals surface area contributed by atoms with Crippen LogP contribution in [0.5, 0.6) is 0 Å². The molecular formula is C10H20N2O. The molecule has 0 radical (unpaired) electrons. The lowest BCUT2D eigenvalue weighted by molar-refractivity contribution is 0.158. The predicted octanol–water partition coefficient (Wildman–Crippen LogP) is 0.636. The molecule has 0 aromatic carbocycles. The molecule has 76 valence electrons. The van der Waals surface area contributed by atoms with E-state index < -0.39 is 0 Å². The Kier molecular flexibility index (Phi) is 2.34. The van der Waals surface area contributed by atoms with Gasteiger partial charge in [0.15, 0.2) is 0 Å². The van der Waals surface area contributed by atoms with E-state index in [0.717, 1.165) is 26.2 Å². The minimum Gasteiger partial charge on any atom is -0.379 e. The highest BCUT2D eigenvalue weighted by Crippen LogP contribution is 2.29. The standard InChI is InChI=1S/C10H20N2O/c1-9(5-6-13-8-9)12-7-10(11)3-2-4-10/h12H,2-8,11H2,1H3. The van der Waals surface area contributed by atoms with Crippen LogP contribution in [0.2, 0.25) is 0 Å². The summed E-state index contributed by atoms with van der Waals surface area (Å²) in [6, 6.07) is 0. The van der Waals surface area contributed by atoms with Gasteiger partial charge in [-0.25, -0.2) is 0 Å². The molecule has 1 aliphatic carbocycles. The molecule has 1 aliphatic heterocycles. The van der Waals surface area contributed by atoms with E-state index in [4.69, 9.17) is 10.5 Å². The van der Waals surface area contributed by atoms with Crippen molar-refractivity contribution < 1.29 is 4.74 Å². The van der Waals surface area contributed by atoms with Crippen molar-refractivity contribution in [1.82, 2.24) is 5.32 Å². The van der Waals surface area contributed by atoms with Gasteiger partial charge in [0.05, 0.1) is 6.61 Å². The summed E-state index contributed by atoms with van der Waals surface area (Å²) < 4.78 is 5.37. The second-order valence-corrected chi connectivity index (χ2v) is 4.93. The van der Waals surface area contributed by atoms with Gasteiger partial charge in [-0.3, -0.25) is 0 Å². The maximum absolute atomic E-state index is 6.14. The first kappa shape index (κ1) is 9.44. The van der Waals surface area contributed by atoms with Crippen LogP contribution in [-0.2, 0) is 4.74 Å². The van der Waals surface area contributed by atoms with E-state index in [1.54, 1.807) is 0 Å². The Morgan fingerprint density at radius 1 is 1.38 bits per heavy atom. The van der Waals surface area contributed by atoms with Gasteiger partial charge in [0, 0.05) is 24.2 Å². The molecule has 1 saturated carbocycles. The predicted molar refractivity (Wildman–Crippen MR) is 52.6 cm³/mol. The highest BCUT2D eigenvalue weighted by atomic mass is 16.5. The molecule has 2 fully saturated rings. The third-order valence-corrected chi connectivity index (χ3v) is 3.44. The van der Waals surface area contributed by atoms with E-state index in [-0.39, 0.29) is 11.1 Å². The van der Waals surface area contributed by atoms with Crippen LogP contribution < -0.4 is 11.1 Å². The lowest BCUT2D eigenvalue weighted by Gasteiger charge is -2.40. The second-order valence-electron chi connectivity index (χ2n) is 4.93. The number of nitrogens with one attached hydrogen (secondary N) is 1. The quantitative estimate of drug-likeness (QED) is 0.676. The van der Waals surface area contributed by atoms with Crippen LogP contribution in [0, 0.1) is 0 Å². The zero-order valence-electron chi connectivity index (χ0n) is 8.44. The zero-order chi connectivity index (χ0) is 9.36. The summed E-state index contributed by atoms with van der Waals surface area (Å²) in [4.78, 5) is 0. The zero-order valence-corrected chi connectivity index (χ0v) is 8.44. The number of hydrogen-bond acceptors (Lipinski definition) is 3. The highest BCUT2D eigenvalue weighted by Gasteiger charge is 2.36. The Morgan fingerprint density at radius 2 is 2.15 bits per heavy atom. The molecule has 2 aliphatic rings. The van der Waals surface area contributed by atoms with E-state index in [0.29, 0.717) is 0 Å². The van der Waals surface area contributed by atoms with Gasteiger partial charge in [0.25, 0.3) is 0 Å². The maximum Gasteiger partial charge on any atom is 0.0646 e. The Bertz CT molecular complexity index is 183. The van der Waals surface area contributed by atoms with Crippen molar-refractivity contribution in [3.8, 4) is 0 Å². The van der Waals surface area contributed by atoms with Crippen LogP contribution >= 0.6 is 0 Å². The molecule has 1 saturated heterocycles. The van der Waals surface area contributed by atoms with Crippen molar-refractivity contribution in [3.63, 3.8) is 0 Å². The van der Waals surface area contributed by atoms with Gasteiger partial charge in [-0.05, 0) is 32.6 Å². The monoisotopic (exact) mass is 184 g/mol. The first-order chi connectivity index (χ1) is 6.12. The van der Waals surface area contributed by atoms with Gasteiger partial charge in [0.2, 0.25) is 0 Å². The first-order valence-electron chi connectivity index (χ1n) is 5.24. The van der Waals surface area contributed by atoms with Crippen LogP contribution in [-0.4, -0.2) is 30.8 Å². The lowest BCUT2D eigenvalue weighted by atomic mass is 9.77. The van der Waals surface area contributed by atoms with Crippen LogP contribution in [0.4, 0.5) is 0 Å². The van der Waals surface area contributed by atoms with Crippen molar-refractivity contribution in [2.45, 2.75) is 43.7 Å². The van der Waals surface area contributed by atoms with Gasteiger partial charge in [0.1, 0.15) is 0 Å². The number of hydrogen-bond donors (Lipinski definition) is 2. The topological polar surface area (TPSA) is 47.3 Å². The van der Waals surface area contributed by atoms with Crippen LogP contribution in [0.1, 0.15) is 32.6 Å². The minimum atomic E-state index is 0.0889. The molecule has 0 spiro atoms. The Labute approximate surface area is 80.0 Å². The molecule has 13 heavy (non-hydrogen) atoms. The van der Waals surface area contributed by atoms with E-state index in [1.807, 2.05) is 0 Å². The van der Waals surface area contributed by atoms with Crippen molar-refractivity contribution in [3.05, 3.63) is 0 Å². The summed E-state index contributed by atoms with van der Waals surface area (Å²) in [5.41, 5.74) is 6.41. The van der Waals surface area contributed by atoms with Crippen LogP contribution in [0.3, 0.4) is 0 Å². The summed E-state index contributed by atoms with van der Waals surface area (Å²) in [6.07, 6.45) is 4.77. The smallest absolute Gasteiger partial charge is 0.0646 e. The summed E-state index contributed by atoms with van der Waals surface area (Å²) >= 11 is 0. The molecule has 1 heterocycles. The average molecular weight is 184 g/mol. The van der Waals surface area contributed by atoms with Crippen LogP contribution in [0.25, 0.3) is 0 Å². The van der Waals surface area contributed by atoms with E-state index in [9.17, 15) is 0 Å². The van der Waals surface area contributed by atoms with Crippen molar-refractivity contribution >= 4 is 0 Å². The molecule has 0 amide bonds. The fourth-order valence-electron chi connectivity index (χ4n) is 2.00. The van der Waals surface area contributed by atoms with E-state index in [1.165, 1.54) is 19.3 Å². The molecule has 0 bridgehead atoms. The maximum atomic E-state index is 6.14. The van der Waals surface area contributed by atoms with Gasteiger partial charge in [-0.1, -0.05) is 0 Å².